The predicted molar refractivity (Wildman–Crippen MR) is 90.3 cm³/mol. The Labute approximate surface area is 147 Å². The summed E-state index contributed by atoms with van der Waals surface area (Å²) in [5.74, 6) is -2.08. The standard InChI is InChI=1S/C16H12Cl2N2O4/c17-9-5-6-10(12(18)7-9)16(23)24-8-14(21)20-13-4-2-1-3-11(13)15(19)22/h1-7H,8H2,(H2,19,22)(H,20,21). The molecule has 0 unspecified atom stereocenters. The number of halogens is 2. The molecule has 0 radical (unpaired) electrons. The second-order valence-corrected chi connectivity index (χ2v) is 5.50. The van der Waals surface area contributed by atoms with Crippen molar-refractivity contribution in [1.82, 2.24) is 0 Å². The highest BCUT2D eigenvalue weighted by Crippen LogP contribution is 2.21. The van der Waals surface area contributed by atoms with Gasteiger partial charge in [-0.3, -0.25) is 9.59 Å². The first-order valence-corrected chi connectivity index (χ1v) is 7.45. The lowest BCUT2D eigenvalue weighted by molar-refractivity contribution is -0.119. The Kier molecular flexibility index (Phi) is 5.78. The van der Waals surface area contributed by atoms with Crippen molar-refractivity contribution in [2.45, 2.75) is 0 Å². The highest BCUT2D eigenvalue weighted by Gasteiger charge is 2.15. The van der Waals surface area contributed by atoms with Crippen molar-refractivity contribution >= 4 is 46.7 Å². The lowest BCUT2D eigenvalue weighted by Crippen LogP contribution is -2.23. The highest BCUT2D eigenvalue weighted by atomic mass is 35.5. The van der Waals surface area contributed by atoms with Gasteiger partial charge in [-0.2, -0.15) is 0 Å². The van der Waals surface area contributed by atoms with E-state index in [4.69, 9.17) is 33.7 Å². The number of benzene rings is 2. The van der Waals surface area contributed by atoms with E-state index in [0.29, 0.717) is 5.02 Å². The average Bonchev–Trinajstić information content (AvgIpc) is 2.53. The first-order valence-electron chi connectivity index (χ1n) is 6.69. The van der Waals surface area contributed by atoms with Gasteiger partial charge in [0.25, 0.3) is 11.8 Å². The maximum absolute atomic E-state index is 11.9. The smallest absolute Gasteiger partial charge is 0.340 e. The Morgan fingerprint density at radius 3 is 2.42 bits per heavy atom. The van der Waals surface area contributed by atoms with E-state index < -0.39 is 24.4 Å². The normalized spacial score (nSPS) is 10.1. The Bertz CT molecular complexity index is 808. The number of hydrogen-bond acceptors (Lipinski definition) is 4. The van der Waals surface area contributed by atoms with Crippen LogP contribution in [0.2, 0.25) is 10.0 Å². The van der Waals surface area contributed by atoms with Crippen LogP contribution in [0.1, 0.15) is 20.7 Å². The molecular formula is C16H12Cl2N2O4. The third kappa shape index (κ3) is 4.47. The van der Waals surface area contributed by atoms with Gasteiger partial charge in [0.1, 0.15) is 0 Å². The minimum Gasteiger partial charge on any atom is -0.452 e. The number of primary amides is 1. The van der Waals surface area contributed by atoms with Crippen molar-refractivity contribution in [3.05, 3.63) is 63.6 Å². The molecule has 24 heavy (non-hydrogen) atoms. The minimum absolute atomic E-state index is 0.0893. The molecule has 0 atom stereocenters. The van der Waals surface area contributed by atoms with Gasteiger partial charge in [-0.15, -0.1) is 0 Å². The summed E-state index contributed by atoms with van der Waals surface area (Å²) in [4.78, 5) is 35.1. The number of hydrogen-bond donors (Lipinski definition) is 2. The van der Waals surface area contributed by atoms with Crippen molar-refractivity contribution in [2.75, 3.05) is 11.9 Å². The summed E-state index contributed by atoms with van der Waals surface area (Å²) < 4.78 is 4.89. The van der Waals surface area contributed by atoms with Crippen LogP contribution in [0, 0.1) is 0 Å². The van der Waals surface area contributed by atoms with Gasteiger partial charge in [0.2, 0.25) is 0 Å². The van der Waals surface area contributed by atoms with Crippen LogP contribution in [0.3, 0.4) is 0 Å². The lowest BCUT2D eigenvalue weighted by atomic mass is 10.1. The molecule has 0 aliphatic carbocycles. The third-order valence-electron chi connectivity index (χ3n) is 2.95. The fourth-order valence-electron chi connectivity index (χ4n) is 1.86. The SMILES string of the molecule is NC(=O)c1ccccc1NC(=O)COC(=O)c1ccc(Cl)cc1Cl. The molecule has 0 aliphatic rings. The third-order valence-corrected chi connectivity index (χ3v) is 3.50. The number of para-hydroxylation sites is 1. The van der Waals surface area contributed by atoms with Crippen molar-refractivity contribution in [3.63, 3.8) is 0 Å². The van der Waals surface area contributed by atoms with Crippen molar-refractivity contribution in [2.24, 2.45) is 5.73 Å². The first kappa shape index (κ1) is 17.8. The van der Waals surface area contributed by atoms with E-state index >= 15 is 0 Å². The van der Waals surface area contributed by atoms with Gasteiger partial charge >= 0.3 is 5.97 Å². The molecule has 0 heterocycles. The zero-order valence-electron chi connectivity index (χ0n) is 12.2. The number of amides is 2. The molecule has 0 aromatic heterocycles. The molecule has 3 N–H and O–H groups in total. The minimum atomic E-state index is -0.769. The van der Waals surface area contributed by atoms with E-state index in [9.17, 15) is 14.4 Å². The molecule has 0 fully saturated rings. The molecule has 2 amide bonds. The molecule has 2 rings (SSSR count). The highest BCUT2D eigenvalue weighted by molar-refractivity contribution is 6.36. The lowest BCUT2D eigenvalue weighted by Gasteiger charge is -2.09. The van der Waals surface area contributed by atoms with Gasteiger partial charge in [0, 0.05) is 5.02 Å². The number of carbonyl (C=O) groups is 3. The number of esters is 1. The summed E-state index contributed by atoms with van der Waals surface area (Å²) in [5.41, 5.74) is 5.69. The number of rotatable bonds is 5. The number of anilines is 1. The Morgan fingerprint density at radius 1 is 1.04 bits per heavy atom. The van der Waals surface area contributed by atoms with Crippen molar-refractivity contribution in [3.8, 4) is 0 Å². The molecule has 2 aromatic rings. The maximum Gasteiger partial charge on any atom is 0.340 e. The molecule has 0 spiro atoms. The number of carbonyl (C=O) groups excluding carboxylic acids is 3. The van der Waals surface area contributed by atoms with Crippen LogP contribution in [-0.2, 0) is 9.53 Å². The molecule has 2 aromatic carbocycles. The topological polar surface area (TPSA) is 98.5 Å². The van der Waals surface area contributed by atoms with E-state index in [1.165, 1.54) is 30.3 Å². The number of nitrogens with one attached hydrogen (secondary N) is 1. The van der Waals surface area contributed by atoms with Gasteiger partial charge in [0.15, 0.2) is 6.61 Å². The number of ether oxygens (including phenoxy) is 1. The Hall–Kier alpha value is -2.57. The first-order chi connectivity index (χ1) is 11.4. The van der Waals surface area contributed by atoms with Gasteiger partial charge < -0.3 is 15.8 Å². The van der Waals surface area contributed by atoms with Crippen molar-refractivity contribution < 1.29 is 19.1 Å². The second-order valence-electron chi connectivity index (χ2n) is 4.66. The molecule has 6 nitrogen and oxygen atoms in total. The van der Waals surface area contributed by atoms with E-state index in [2.05, 4.69) is 5.32 Å². The predicted octanol–water partition coefficient (Wildman–Crippen LogP) is 2.89. The summed E-state index contributed by atoms with van der Waals surface area (Å²) in [6.07, 6.45) is 0. The van der Waals surface area contributed by atoms with Crippen LogP contribution in [0.15, 0.2) is 42.5 Å². The quantitative estimate of drug-likeness (QED) is 0.794. The number of nitrogens with two attached hydrogens (primary N) is 1. The van der Waals surface area contributed by atoms with Crippen molar-refractivity contribution in [1.29, 1.82) is 0 Å². The summed E-state index contributed by atoms with van der Waals surface area (Å²) >= 11 is 11.6. The van der Waals surface area contributed by atoms with Crippen LogP contribution in [0.5, 0.6) is 0 Å². The van der Waals surface area contributed by atoms with Gasteiger partial charge in [-0.25, -0.2) is 4.79 Å². The monoisotopic (exact) mass is 366 g/mol. The van der Waals surface area contributed by atoms with Crippen LogP contribution in [0.25, 0.3) is 0 Å². The van der Waals surface area contributed by atoms with E-state index in [1.807, 2.05) is 0 Å². The molecule has 0 saturated heterocycles. The van der Waals surface area contributed by atoms with E-state index in [-0.39, 0.29) is 21.8 Å². The van der Waals surface area contributed by atoms with Gasteiger partial charge in [-0.05, 0) is 30.3 Å². The summed E-state index contributed by atoms with van der Waals surface area (Å²) in [7, 11) is 0. The summed E-state index contributed by atoms with van der Waals surface area (Å²) in [6.45, 7) is -0.551. The Morgan fingerprint density at radius 2 is 1.75 bits per heavy atom. The van der Waals surface area contributed by atoms with Crippen LogP contribution in [0.4, 0.5) is 5.69 Å². The summed E-state index contributed by atoms with van der Waals surface area (Å²) in [5, 5.41) is 2.94. The van der Waals surface area contributed by atoms with E-state index in [0.717, 1.165) is 0 Å². The summed E-state index contributed by atoms with van der Waals surface area (Å²) in [6, 6.07) is 10.5. The fraction of sp³-hybridized carbons (Fsp3) is 0.0625. The molecular weight excluding hydrogens is 355 g/mol. The molecule has 0 aliphatic heterocycles. The van der Waals surface area contributed by atoms with Crippen LogP contribution < -0.4 is 11.1 Å². The largest absolute Gasteiger partial charge is 0.452 e. The average molecular weight is 367 g/mol. The van der Waals surface area contributed by atoms with Crippen LogP contribution in [-0.4, -0.2) is 24.4 Å². The van der Waals surface area contributed by atoms with Gasteiger partial charge in [0.05, 0.1) is 21.8 Å². The zero-order chi connectivity index (χ0) is 17.7. The second kappa shape index (κ2) is 7.81. The molecule has 0 saturated carbocycles. The maximum atomic E-state index is 11.9. The van der Waals surface area contributed by atoms with Gasteiger partial charge in [-0.1, -0.05) is 35.3 Å². The molecule has 124 valence electrons. The Balaban J connectivity index is 1.99. The molecule has 8 heteroatoms. The van der Waals surface area contributed by atoms with Crippen LogP contribution >= 0.6 is 23.2 Å². The molecule has 0 bridgehead atoms. The fourth-order valence-corrected chi connectivity index (χ4v) is 2.34. The zero-order valence-corrected chi connectivity index (χ0v) is 13.7. The van der Waals surface area contributed by atoms with E-state index in [1.54, 1.807) is 12.1 Å².